The molecular formula is C26H25N5O3. The Morgan fingerprint density at radius 2 is 1.79 bits per heavy atom. The number of hydrogen-bond acceptors (Lipinski definition) is 5. The molecule has 2 aromatic carbocycles. The minimum absolute atomic E-state index is 0.0464. The molecule has 34 heavy (non-hydrogen) atoms. The van der Waals surface area contributed by atoms with Gasteiger partial charge >= 0.3 is 0 Å². The fourth-order valence-electron chi connectivity index (χ4n) is 4.04. The van der Waals surface area contributed by atoms with Gasteiger partial charge in [0.2, 0.25) is 5.91 Å². The summed E-state index contributed by atoms with van der Waals surface area (Å²) < 4.78 is 2.88. The van der Waals surface area contributed by atoms with Gasteiger partial charge < -0.3 is 5.32 Å². The fourth-order valence-corrected chi connectivity index (χ4v) is 4.04. The lowest BCUT2D eigenvalue weighted by Crippen LogP contribution is -2.31. The molecule has 1 aliphatic carbocycles. The smallest absolute Gasteiger partial charge is 0.293 e. The SMILES string of the molecule is CC(=O)c1ccc(NC(=O)Cn2nc(C3CC3)c3cnn(-c4ccc(C)c(C)c4)c3c2=O)cc1. The van der Waals surface area contributed by atoms with Gasteiger partial charge in [0.15, 0.2) is 5.78 Å². The number of carbonyl (C=O) groups is 2. The van der Waals surface area contributed by atoms with E-state index in [0.717, 1.165) is 40.7 Å². The zero-order valence-corrected chi connectivity index (χ0v) is 19.3. The second-order valence-electron chi connectivity index (χ2n) is 8.89. The summed E-state index contributed by atoms with van der Waals surface area (Å²) in [4.78, 5) is 37.7. The van der Waals surface area contributed by atoms with Crippen molar-refractivity contribution < 1.29 is 9.59 Å². The van der Waals surface area contributed by atoms with E-state index >= 15 is 0 Å². The predicted octanol–water partition coefficient (Wildman–Crippen LogP) is 3.92. The van der Waals surface area contributed by atoms with Crippen molar-refractivity contribution in [3.63, 3.8) is 0 Å². The van der Waals surface area contributed by atoms with Crippen LogP contribution in [0.15, 0.2) is 53.5 Å². The summed E-state index contributed by atoms with van der Waals surface area (Å²) in [6.07, 6.45) is 3.71. The van der Waals surface area contributed by atoms with Crippen molar-refractivity contribution in [3.8, 4) is 5.69 Å². The highest BCUT2D eigenvalue weighted by Crippen LogP contribution is 2.41. The van der Waals surface area contributed by atoms with Crippen molar-refractivity contribution in [1.82, 2.24) is 19.6 Å². The number of hydrogen-bond donors (Lipinski definition) is 1. The third-order valence-electron chi connectivity index (χ3n) is 6.28. The first-order valence-electron chi connectivity index (χ1n) is 11.3. The van der Waals surface area contributed by atoms with Gasteiger partial charge in [0.05, 0.1) is 17.6 Å². The maximum Gasteiger partial charge on any atom is 0.293 e. The Hall–Kier alpha value is -4.07. The predicted molar refractivity (Wildman–Crippen MR) is 130 cm³/mol. The Kier molecular flexibility index (Phi) is 5.36. The van der Waals surface area contributed by atoms with Crippen LogP contribution in [-0.2, 0) is 11.3 Å². The van der Waals surface area contributed by atoms with Crippen molar-refractivity contribution in [1.29, 1.82) is 0 Å². The molecule has 4 aromatic rings. The third-order valence-corrected chi connectivity index (χ3v) is 6.28. The van der Waals surface area contributed by atoms with Crippen LogP contribution in [0.5, 0.6) is 0 Å². The molecule has 0 saturated heterocycles. The molecule has 0 radical (unpaired) electrons. The first-order valence-corrected chi connectivity index (χ1v) is 11.3. The Morgan fingerprint density at radius 3 is 2.44 bits per heavy atom. The molecule has 5 rings (SSSR count). The van der Waals surface area contributed by atoms with Crippen molar-refractivity contribution in [2.24, 2.45) is 0 Å². The molecule has 8 nitrogen and oxygen atoms in total. The zero-order chi connectivity index (χ0) is 24.0. The monoisotopic (exact) mass is 455 g/mol. The summed E-state index contributed by atoms with van der Waals surface area (Å²) in [5.41, 5.74) is 5.05. The van der Waals surface area contributed by atoms with Crippen LogP contribution in [0.2, 0.25) is 0 Å². The van der Waals surface area contributed by atoms with E-state index < -0.39 is 0 Å². The highest BCUT2D eigenvalue weighted by atomic mass is 16.2. The number of ketones is 1. The van der Waals surface area contributed by atoms with Gasteiger partial charge in [-0.1, -0.05) is 6.07 Å². The Labute approximate surface area is 196 Å². The molecule has 2 aromatic heterocycles. The van der Waals surface area contributed by atoms with E-state index in [4.69, 9.17) is 0 Å². The van der Waals surface area contributed by atoms with Crippen LogP contribution in [0.1, 0.15) is 52.9 Å². The Morgan fingerprint density at radius 1 is 1.06 bits per heavy atom. The van der Waals surface area contributed by atoms with Gasteiger partial charge in [0, 0.05) is 22.6 Å². The van der Waals surface area contributed by atoms with Crippen molar-refractivity contribution >= 4 is 28.3 Å². The van der Waals surface area contributed by atoms with E-state index in [0.29, 0.717) is 16.8 Å². The van der Waals surface area contributed by atoms with E-state index in [1.54, 1.807) is 35.1 Å². The molecule has 0 bridgehead atoms. The number of nitrogens with one attached hydrogen (secondary N) is 1. The molecule has 1 N–H and O–H groups in total. The summed E-state index contributed by atoms with van der Waals surface area (Å²) in [5.74, 6) is -0.146. The number of aromatic nitrogens is 4. The third kappa shape index (κ3) is 4.03. The number of fused-ring (bicyclic) bond motifs is 1. The average Bonchev–Trinajstić information content (AvgIpc) is 3.55. The van der Waals surface area contributed by atoms with Gasteiger partial charge in [-0.2, -0.15) is 10.2 Å². The number of Topliss-reactive ketones (excluding diaryl/α,β-unsaturated/α-hetero) is 1. The number of carbonyl (C=O) groups excluding carboxylic acids is 2. The van der Waals surface area contributed by atoms with Gasteiger partial charge in [0.25, 0.3) is 5.56 Å². The summed E-state index contributed by atoms with van der Waals surface area (Å²) in [7, 11) is 0. The lowest BCUT2D eigenvalue weighted by molar-refractivity contribution is -0.117. The first-order chi connectivity index (χ1) is 16.3. The molecular weight excluding hydrogens is 430 g/mol. The van der Waals surface area contributed by atoms with E-state index in [1.165, 1.54) is 11.6 Å². The average molecular weight is 456 g/mol. The minimum Gasteiger partial charge on any atom is -0.324 e. The van der Waals surface area contributed by atoms with Gasteiger partial charge in [-0.05, 0) is 81.1 Å². The van der Waals surface area contributed by atoms with Crippen LogP contribution >= 0.6 is 0 Å². The molecule has 0 spiro atoms. The number of amides is 1. The fraction of sp³-hybridized carbons (Fsp3) is 0.269. The number of aryl methyl sites for hydroxylation is 2. The van der Waals surface area contributed by atoms with E-state index in [-0.39, 0.29) is 29.7 Å². The quantitative estimate of drug-likeness (QED) is 0.444. The summed E-state index contributed by atoms with van der Waals surface area (Å²) in [6, 6.07) is 12.6. The van der Waals surface area contributed by atoms with Crippen molar-refractivity contribution in [3.05, 3.63) is 81.4 Å². The maximum absolute atomic E-state index is 13.5. The van der Waals surface area contributed by atoms with Gasteiger partial charge in [-0.15, -0.1) is 0 Å². The van der Waals surface area contributed by atoms with E-state index in [1.807, 2.05) is 32.0 Å². The Balaban J connectivity index is 1.51. The Bertz CT molecular complexity index is 1490. The van der Waals surface area contributed by atoms with Gasteiger partial charge in [-0.3, -0.25) is 14.4 Å². The molecule has 1 amide bonds. The van der Waals surface area contributed by atoms with E-state index in [2.05, 4.69) is 15.5 Å². The van der Waals surface area contributed by atoms with E-state index in [9.17, 15) is 14.4 Å². The molecule has 172 valence electrons. The standard InChI is InChI=1S/C26H25N5O3/c1-15-4-11-21(12-16(15)2)31-25-22(13-27-31)24(19-5-6-19)29-30(26(25)34)14-23(33)28-20-9-7-18(8-10-20)17(3)32/h4,7-13,19H,5-6,14H2,1-3H3,(H,28,33). The number of benzene rings is 2. The molecule has 0 unspecified atom stereocenters. The molecule has 1 fully saturated rings. The molecule has 1 aliphatic rings. The van der Waals surface area contributed by atoms with Crippen LogP contribution in [0.3, 0.4) is 0 Å². The molecule has 8 heteroatoms. The van der Waals surface area contributed by atoms with Crippen molar-refractivity contribution in [2.45, 2.75) is 46.1 Å². The normalized spacial score (nSPS) is 13.3. The summed E-state index contributed by atoms with van der Waals surface area (Å²) in [6.45, 7) is 5.32. The first kappa shape index (κ1) is 21.8. The lowest BCUT2D eigenvalue weighted by Gasteiger charge is -2.11. The number of anilines is 1. The summed E-state index contributed by atoms with van der Waals surface area (Å²) in [5, 5.41) is 12.6. The van der Waals surface area contributed by atoms with Crippen LogP contribution in [0.25, 0.3) is 16.6 Å². The van der Waals surface area contributed by atoms with Crippen molar-refractivity contribution in [2.75, 3.05) is 5.32 Å². The van der Waals surface area contributed by atoms with Crippen LogP contribution < -0.4 is 10.9 Å². The second-order valence-corrected chi connectivity index (χ2v) is 8.89. The maximum atomic E-state index is 13.5. The highest BCUT2D eigenvalue weighted by molar-refractivity contribution is 5.95. The molecule has 0 aliphatic heterocycles. The van der Waals surface area contributed by atoms with Crippen LogP contribution in [0.4, 0.5) is 5.69 Å². The van der Waals surface area contributed by atoms with Crippen LogP contribution in [-0.4, -0.2) is 31.3 Å². The lowest BCUT2D eigenvalue weighted by atomic mass is 10.1. The molecule has 1 saturated carbocycles. The second kappa shape index (κ2) is 8.37. The summed E-state index contributed by atoms with van der Waals surface area (Å²) >= 11 is 0. The van der Waals surface area contributed by atoms with Crippen LogP contribution in [0, 0.1) is 13.8 Å². The topological polar surface area (TPSA) is 98.9 Å². The molecule has 0 atom stereocenters. The van der Waals surface area contributed by atoms with Gasteiger partial charge in [-0.25, -0.2) is 9.36 Å². The highest BCUT2D eigenvalue weighted by Gasteiger charge is 2.30. The number of rotatable bonds is 6. The number of nitrogens with zero attached hydrogens (tertiary/aromatic N) is 4. The minimum atomic E-state index is -0.372. The largest absolute Gasteiger partial charge is 0.324 e. The van der Waals surface area contributed by atoms with Gasteiger partial charge in [0.1, 0.15) is 12.1 Å². The zero-order valence-electron chi connectivity index (χ0n) is 19.3. The molecule has 2 heterocycles.